The zero-order valence-electron chi connectivity index (χ0n) is 22.6. The summed E-state index contributed by atoms with van der Waals surface area (Å²) in [4.78, 5) is 38.3. The maximum atomic E-state index is 12.7. The highest BCUT2D eigenvalue weighted by Gasteiger charge is 2.30. The second-order valence-corrected chi connectivity index (χ2v) is 8.49. The molecule has 0 radical (unpaired) electrons. The summed E-state index contributed by atoms with van der Waals surface area (Å²) >= 11 is 0. The van der Waals surface area contributed by atoms with E-state index >= 15 is 0 Å². The van der Waals surface area contributed by atoms with Crippen LogP contribution in [0.1, 0.15) is 47.2 Å². The van der Waals surface area contributed by atoms with Gasteiger partial charge >= 0.3 is 0 Å². The van der Waals surface area contributed by atoms with Crippen LogP contribution in [0.5, 0.6) is 11.5 Å². The van der Waals surface area contributed by atoms with E-state index in [2.05, 4.69) is 20.8 Å². The molecule has 35 heavy (non-hydrogen) atoms. The van der Waals surface area contributed by atoms with Gasteiger partial charge in [0, 0.05) is 55.9 Å². The van der Waals surface area contributed by atoms with Crippen molar-refractivity contribution >= 4 is 34.9 Å². The Hall–Kier alpha value is -3.89. The molecule has 0 spiro atoms. The SMILES string of the molecule is [2H]C([2H])([2H])NC(=O)c1nnc(NC(=O)C2CC2)cc1Nc1cccc(OC2CCN(C(C)=O)CC2)c1OC. The van der Waals surface area contributed by atoms with Gasteiger partial charge in [-0.15, -0.1) is 10.2 Å². The first-order chi connectivity index (χ1) is 18.0. The van der Waals surface area contributed by atoms with Gasteiger partial charge < -0.3 is 30.3 Å². The minimum atomic E-state index is -2.74. The summed E-state index contributed by atoms with van der Waals surface area (Å²) in [5, 5.41) is 15.4. The Kier molecular flexibility index (Phi) is 6.19. The first-order valence-corrected chi connectivity index (χ1v) is 11.4. The third-order valence-electron chi connectivity index (χ3n) is 5.96. The number of hydrogen-bond donors (Lipinski definition) is 3. The number of benzene rings is 1. The molecule has 1 saturated carbocycles. The standard InChI is InChI=1S/C24H30N6O5/c1-14(31)30-11-9-16(10-12-30)35-19-6-4-5-17(22(19)34-3)26-18-13-20(27-23(32)15-7-8-15)28-29-21(18)24(33)25-2/h4-6,13,15-16H,7-12H2,1-3H3,(H,25,33)(H2,26,27,28,32)/i2D3. The van der Waals surface area contributed by atoms with Crippen LogP contribution in [0.15, 0.2) is 24.3 Å². The first kappa shape index (κ1) is 20.5. The molecule has 4 rings (SSSR count). The molecule has 11 nitrogen and oxygen atoms in total. The van der Waals surface area contributed by atoms with Crippen molar-refractivity contribution in [2.24, 2.45) is 5.92 Å². The number of likely N-dealkylation sites (tertiary alicyclic amines) is 1. The molecule has 2 aliphatic rings. The van der Waals surface area contributed by atoms with E-state index < -0.39 is 12.9 Å². The summed E-state index contributed by atoms with van der Waals surface area (Å²) in [5.74, 6) is -0.302. The van der Waals surface area contributed by atoms with Gasteiger partial charge in [-0.1, -0.05) is 6.07 Å². The van der Waals surface area contributed by atoms with Crippen LogP contribution in [-0.4, -0.2) is 66.1 Å². The van der Waals surface area contributed by atoms with Crippen molar-refractivity contribution in [1.82, 2.24) is 20.4 Å². The summed E-state index contributed by atoms with van der Waals surface area (Å²) in [7, 11) is 1.47. The topological polar surface area (TPSA) is 135 Å². The second kappa shape index (κ2) is 10.6. The van der Waals surface area contributed by atoms with E-state index in [4.69, 9.17) is 13.6 Å². The van der Waals surface area contributed by atoms with E-state index in [1.165, 1.54) is 13.2 Å². The third kappa shape index (κ3) is 5.79. The highest BCUT2D eigenvalue weighted by molar-refractivity contribution is 5.99. The zero-order valence-corrected chi connectivity index (χ0v) is 19.6. The molecule has 0 atom stereocenters. The van der Waals surface area contributed by atoms with Crippen molar-refractivity contribution in [1.29, 1.82) is 0 Å². The highest BCUT2D eigenvalue weighted by atomic mass is 16.5. The predicted octanol–water partition coefficient (Wildman–Crippen LogP) is 2.33. The van der Waals surface area contributed by atoms with E-state index in [9.17, 15) is 14.4 Å². The van der Waals surface area contributed by atoms with E-state index in [0.717, 1.165) is 12.8 Å². The minimum Gasteiger partial charge on any atom is -0.491 e. The molecular weight excluding hydrogens is 452 g/mol. The molecule has 2 heterocycles. The first-order valence-electron chi connectivity index (χ1n) is 12.9. The molecule has 186 valence electrons. The minimum absolute atomic E-state index is 0.0317. The molecule has 2 fully saturated rings. The quantitative estimate of drug-likeness (QED) is 0.519. The number of carbonyl (C=O) groups is 3. The number of nitrogens with zero attached hydrogens (tertiary/aromatic N) is 3. The Morgan fingerprint density at radius 2 is 1.89 bits per heavy atom. The molecule has 1 aromatic carbocycles. The van der Waals surface area contributed by atoms with Crippen LogP contribution < -0.4 is 25.4 Å². The fraction of sp³-hybridized carbons (Fsp3) is 0.458. The molecule has 0 unspecified atom stereocenters. The molecule has 1 saturated heterocycles. The fourth-order valence-electron chi connectivity index (χ4n) is 3.88. The molecular formula is C24H30N6O5. The second-order valence-electron chi connectivity index (χ2n) is 8.49. The lowest BCUT2D eigenvalue weighted by Crippen LogP contribution is -2.40. The van der Waals surface area contributed by atoms with Gasteiger partial charge in [-0.2, -0.15) is 0 Å². The maximum absolute atomic E-state index is 12.7. The van der Waals surface area contributed by atoms with Gasteiger partial charge in [0.15, 0.2) is 23.0 Å². The van der Waals surface area contributed by atoms with Gasteiger partial charge in [0.25, 0.3) is 5.91 Å². The summed E-state index contributed by atoms with van der Waals surface area (Å²) in [6.07, 6.45) is 2.79. The number of rotatable bonds is 8. The monoisotopic (exact) mass is 485 g/mol. The highest BCUT2D eigenvalue weighted by Crippen LogP contribution is 2.39. The van der Waals surface area contributed by atoms with Gasteiger partial charge in [0.05, 0.1) is 18.5 Å². The van der Waals surface area contributed by atoms with Crippen LogP contribution in [-0.2, 0) is 9.59 Å². The number of hydrogen-bond acceptors (Lipinski definition) is 8. The third-order valence-corrected chi connectivity index (χ3v) is 5.96. The maximum Gasteiger partial charge on any atom is 0.273 e. The average Bonchev–Trinajstić information content (AvgIpc) is 3.69. The number of methoxy groups -OCH3 is 1. The Balaban J connectivity index is 1.59. The summed E-state index contributed by atoms with van der Waals surface area (Å²) in [6, 6.07) is 6.58. The Bertz CT molecular complexity index is 1210. The van der Waals surface area contributed by atoms with Crippen molar-refractivity contribution in [2.45, 2.75) is 38.7 Å². The number of amides is 3. The Labute approximate surface area is 207 Å². The molecule has 3 amide bonds. The molecule has 1 aromatic heterocycles. The molecule has 11 heteroatoms. The van der Waals surface area contributed by atoms with E-state index in [-0.39, 0.29) is 41.0 Å². The summed E-state index contributed by atoms with van der Waals surface area (Å²) in [5.41, 5.74) is 0.246. The number of aromatic nitrogens is 2. The lowest BCUT2D eigenvalue weighted by molar-refractivity contribution is -0.130. The predicted molar refractivity (Wildman–Crippen MR) is 129 cm³/mol. The molecule has 2 aromatic rings. The normalized spacial score (nSPS) is 17.4. The van der Waals surface area contributed by atoms with Gasteiger partial charge in [0.2, 0.25) is 11.8 Å². The molecule has 1 aliphatic carbocycles. The largest absolute Gasteiger partial charge is 0.491 e. The summed E-state index contributed by atoms with van der Waals surface area (Å²) < 4.78 is 33.9. The number of anilines is 3. The number of ether oxygens (including phenoxy) is 2. The number of para-hydroxylation sites is 1. The molecule has 1 aliphatic heterocycles. The van der Waals surface area contributed by atoms with Gasteiger partial charge in [0.1, 0.15) is 6.10 Å². The van der Waals surface area contributed by atoms with E-state index in [0.29, 0.717) is 43.1 Å². The molecule has 3 N–H and O–H groups in total. The van der Waals surface area contributed by atoms with Crippen LogP contribution >= 0.6 is 0 Å². The van der Waals surface area contributed by atoms with Gasteiger partial charge in [-0.05, 0) is 25.0 Å². The number of nitrogens with one attached hydrogen (secondary N) is 3. The Morgan fingerprint density at radius 1 is 1.11 bits per heavy atom. The van der Waals surface area contributed by atoms with E-state index in [1.807, 2.05) is 5.32 Å². The van der Waals surface area contributed by atoms with Crippen LogP contribution in [0.3, 0.4) is 0 Å². The lowest BCUT2D eigenvalue weighted by Gasteiger charge is -2.32. The number of carbonyl (C=O) groups excluding carboxylic acids is 3. The summed E-state index contributed by atoms with van der Waals surface area (Å²) in [6.45, 7) is 0.00153. The van der Waals surface area contributed by atoms with Crippen molar-refractivity contribution in [3.63, 3.8) is 0 Å². The fourth-order valence-corrected chi connectivity index (χ4v) is 3.88. The van der Waals surface area contributed by atoms with Gasteiger partial charge in [-0.25, -0.2) is 0 Å². The van der Waals surface area contributed by atoms with Crippen molar-refractivity contribution in [3.05, 3.63) is 30.0 Å². The molecule has 0 bridgehead atoms. The van der Waals surface area contributed by atoms with E-state index in [1.54, 1.807) is 30.0 Å². The zero-order chi connectivity index (χ0) is 27.4. The van der Waals surface area contributed by atoms with Crippen molar-refractivity contribution in [3.8, 4) is 11.5 Å². The van der Waals surface area contributed by atoms with Crippen LogP contribution in [0, 0.1) is 5.92 Å². The van der Waals surface area contributed by atoms with Crippen LogP contribution in [0.2, 0.25) is 0 Å². The van der Waals surface area contributed by atoms with Crippen molar-refractivity contribution in [2.75, 3.05) is 37.8 Å². The average molecular weight is 486 g/mol. The number of piperidine rings is 1. The Morgan fingerprint density at radius 3 is 2.54 bits per heavy atom. The van der Waals surface area contributed by atoms with Gasteiger partial charge in [-0.3, -0.25) is 14.4 Å². The van der Waals surface area contributed by atoms with Crippen molar-refractivity contribution < 1.29 is 28.0 Å². The lowest BCUT2D eigenvalue weighted by atomic mass is 10.1. The van der Waals surface area contributed by atoms with Crippen LogP contribution in [0.25, 0.3) is 0 Å². The van der Waals surface area contributed by atoms with Crippen LogP contribution in [0.4, 0.5) is 17.2 Å². The smallest absolute Gasteiger partial charge is 0.273 e.